The Morgan fingerprint density at radius 2 is 1.95 bits per heavy atom. The summed E-state index contributed by atoms with van der Waals surface area (Å²) in [6.45, 7) is 3.65. The van der Waals surface area contributed by atoms with Gasteiger partial charge in [-0.3, -0.25) is 9.69 Å². The number of carbonyl (C=O) groups is 1. The number of halogens is 1. The molecule has 1 fully saturated rings. The molecule has 110 valence electrons. The van der Waals surface area contributed by atoms with E-state index in [-0.39, 0.29) is 5.78 Å². The number of hydrogen-bond acceptors (Lipinski definition) is 3. The number of hydrogen-bond donors (Lipinski definition) is 0. The molecule has 0 radical (unpaired) electrons. The Morgan fingerprint density at radius 1 is 1.30 bits per heavy atom. The monoisotopic (exact) mass is 294 g/mol. The van der Waals surface area contributed by atoms with Gasteiger partial charge in [0.05, 0.1) is 11.6 Å². The van der Waals surface area contributed by atoms with E-state index in [4.69, 9.17) is 11.6 Å². The van der Waals surface area contributed by atoms with Crippen LogP contribution in [0.4, 0.5) is 0 Å². The summed E-state index contributed by atoms with van der Waals surface area (Å²) in [5.74, 6) is 0.887. The number of carbonyl (C=O) groups excluding carboxylic acids is 1. The third-order valence-corrected chi connectivity index (χ3v) is 4.20. The van der Waals surface area contributed by atoms with Crippen LogP contribution in [0.3, 0.4) is 0 Å². The Kier molecular flexibility index (Phi) is 5.58. The highest BCUT2D eigenvalue weighted by molar-refractivity contribution is 6.34. The van der Waals surface area contributed by atoms with Gasteiger partial charge in [-0.05, 0) is 58.1 Å². The van der Waals surface area contributed by atoms with Crippen LogP contribution in [-0.2, 0) is 0 Å². The first-order valence-corrected chi connectivity index (χ1v) is 7.59. The molecule has 0 aromatic heterocycles. The molecular weight excluding hydrogens is 272 g/mol. The van der Waals surface area contributed by atoms with Gasteiger partial charge in [0.1, 0.15) is 0 Å². The van der Waals surface area contributed by atoms with Gasteiger partial charge < -0.3 is 4.90 Å². The molecular formula is C16H23ClN2O. The van der Waals surface area contributed by atoms with E-state index in [9.17, 15) is 4.79 Å². The molecule has 0 saturated carbocycles. The maximum absolute atomic E-state index is 12.3. The van der Waals surface area contributed by atoms with E-state index in [1.165, 1.54) is 12.8 Å². The summed E-state index contributed by atoms with van der Waals surface area (Å²) in [4.78, 5) is 16.8. The smallest absolute Gasteiger partial charge is 0.178 e. The largest absolute Gasteiger partial charge is 0.309 e. The van der Waals surface area contributed by atoms with E-state index in [0.717, 1.165) is 25.6 Å². The molecule has 1 aromatic carbocycles. The minimum absolute atomic E-state index is 0.127. The van der Waals surface area contributed by atoms with E-state index >= 15 is 0 Å². The lowest BCUT2D eigenvalue weighted by Gasteiger charge is -2.32. The number of rotatable bonds is 5. The van der Waals surface area contributed by atoms with Gasteiger partial charge >= 0.3 is 0 Å². The molecule has 0 amide bonds. The Hall–Kier alpha value is -0.900. The van der Waals surface area contributed by atoms with Crippen LogP contribution in [0, 0.1) is 5.92 Å². The fourth-order valence-corrected chi connectivity index (χ4v) is 3.06. The summed E-state index contributed by atoms with van der Waals surface area (Å²) in [5.41, 5.74) is 0.643. The summed E-state index contributed by atoms with van der Waals surface area (Å²) in [7, 11) is 4.24. The number of likely N-dealkylation sites (tertiary alicyclic amines) is 1. The van der Waals surface area contributed by atoms with Crippen LogP contribution in [-0.4, -0.2) is 55.9 Å². The van der Waals surface area contributed by atoms with Crippen molar-refractivity contribution in [2.24, 2.45) is 5.92 Å². The molecule has 1 aliphatic heterocycles. The fourth-order valence-electron chi connectivity index (χ4n) is 2.82. The number of Topliss-reactive ketones (excluding diaryl/α,β-unsaturated/α-hetero) is 1. The zero-order valence-electron chi connectivity index (χ0n) is 12.3. The molecule has 20 heavy (non-hydrogen) atoms. The van der Waals surface area contributed by atoms with Gasteiger partial charge in [-0.2, -0.15) is 0 Å². The summed E-state index contributed by atoms with van der Waals surface area (Å²) in [5, 5.41) is 0.556. The molecule has 0 unspecified atom stereocenters. The predicted octanol–water partition coefficient (Wildman–Crippen LogP) is 2.80. The van der Waals surface area contributed by atoms with Gasteiger partial charge in [-0.25, -0.2) is 0 Å². The maximum Gasteiger partial charge on any atom is 0.178 e. The van der Waals surface area contributed by atoms with Crippen molar-refractivity contribution in [3.63, 3.8) is 0 Å². The molecule has 0 N–H and O–H groups in total. The molecule has 4 heteroatoms. The van der Waals surface area contributed by atoms with Crippen LogP contribution in [0.2, 0.25) is 5.02 Å². The first kappa shape index (κ1) is 15.5. The van der Waals surface area contributed by atoms with Gasteiger partial charge in [0.2, 0.25) is 0 Å². The van der Waals surface area contributed by atoms with Crippen molar-refractivity contribution in [1.29, 1.82) is 0 Å². The Bertz CT molecular complexity index is 454. The third kappa shape index (κ3) is 4.30. The highest BCUT2D eigenvalue weighted by Crippen LogP contribution is 2.20. The minimum atomic E-state index is 0.127. The fraction of sp³-hybridized carbons (Fsp3) is 0.562. The highest BCUT2D eigenvalue weighted by Gasteiger charge is 2.22. The van der Waals surface area contributed by atoms with Crippen LogP contribution in [0.1, 0.15) is 23.2 Å². The zero-order chi connectivity index (χ0) is 14.5. The van der Waals surface area contributed by atoms with Gasteiger partial charge in [0.15, 0.2) is 5.78 Å². The first-order chi connectivity index (χ1) is 9.56. The van der Waals surface area contributed by atoms with Crippen LogP contribution in [0.5, 0.6) is 0 Å². The molecule has 0 spiro atoms. The molecule has 1 saturated heterocycles. The highest BCUT2D eigenvalue weighted by atomic mass is 35.5. The predicted molar refractivity (Wildman–Crippen MR) is 83.5 cm³/mol. The number of nitrogens with zero attached hydrogens (tertiary/aromatic N) is 2. The summed E-state index contributed by atoms with van der Waals surface area (Å²) in [6, 6.07) is 7.30. The van der Waals surface area contributed by atoms with E-state index in [1.54, 1.807) is 6.07 Å². The van der Waals surface area contributed by atoms with Gasteiger partial charge in [-0.1, -0.05) is 23.7 Å². The molecule has 3 nitrogen and oxygen atoms in total. The zero-order valence-corrected chi connectivity index (χ0v) is 13.1. The SMILES string of the molecule is CN(C)CC1CCN(CC(=O)c2ccccc2Cl)CC1. The van der Waals surface area contributed by atoms with Crippen LogP contribution in [0.15, 0.2) is 24.3 Å². The second-order valence-corrected chi connectivity index (χ2v) is 6.29. The van der Waals surface area contributed by atoms with Crippen molar-refractivity contribution >= 4 is 17.4 Å². The molecule has 0 bridgehead atoms. The minimum Gasteiger partial charge on any atom is -0.309 e. The summed E-state index contributed by atoms with van der Waals surface area (Å²) < 4.78 is 0. The lowest BCUT2D eigenvalue weighted by Crippen LogP contribution is -2.39. The quantitative estimate of drug-likeness (QED) is 0.780. The standard InChI is InChI=1S/C16H23ClN2O/c1-18(2)11-13-7-9-19(10-8-13)12-16(20)14-5-3-4-6-15(14)17/h3-6,13H,7-12H2,1-2H3. The van der Waals surface area contributed by atoms with E-state index in [0.29, 0.717) is 17.1 Å². The molecule has 2 rings (SSSR count). The second-order valence-electron chi connectivity index (χ2n) is 5.88. The van der Waals surface area contributed by atoms with Crippen molar-refractivity contribution in [2.75, 3.05) is 40.3 Å². The van der Waals surface area contributed by atoms with Crippen LogP contribution in [0.25, 0.3) is 0 Å². The van der Waals surface area contributed by atoms with Crippen molar-refractivity contribution in [2.45, 2.75) is 12.8 Å². The first-order valence-electron chi connectivity index (χ1n) is 7.21. The van der Waals surface area contributed by atoms with Crippen LogP contribution >= 0.6 is 11.6 Å². The normalized spacial score (nSPS) is 17.6. The summed E-state index contributed by atoms with van der Waals surface area (Å²) in [6.07, 6.45) is 2.35. The number of piperidine rings is 1. The molecule has 0 aliphatic carbocycles. The average molecular weight is 295 g/mol. The Morgan fingerprint density at radius 3 is 2.55 bits per heavy atom. The van der Waals surface area contributed by atoms with Gasteiger partial charge in [0, 0.05) is 12.1 Å². The molecule has 0 atom stereocenters. The Balaban J connectivity index is 1.84. The maximum atomic E-state index is 12.3. The average Bonchev–Trinajstić information content (AvgIpc) is 2.41. The second kappa shape index (κ2) is 7.21. The van der Waals surface area contributed by atoms with Crippen LogP contribution < -0.4 is 0 Å². The van der Waals surface area contributed by atoms with Gasteiger partial charge in [0.25, 0.3) is 0 Å². The molecule has 1 aromatic rings. The third-order valence-electron chi connectivity index (χ3n) is 3.87. The van der Waals surface area contributed by atoms with E-state index in [1.807, 2.05) is 18.2 Å². The lowest BCUT2D eigenvalue weighted by atomic mass is 9.96. The molecule has 1 aliphatic rings. The van der Waals surface area contributed by atoms with Crippen molar-refractivity contribution in [3.8, 4) is 0 Å². The van der Waals surface area contributed by atoms with E-state index in [2.05, 4.69) is 23.9 Å². The number of ketones is 1. The van der Waals surface area contributed by atoms with Crippen molar-refractivity contribution < 1.29 is 4.79 Å². The Labute approximate surface area is 126 Å². The number of benzene rings is 1. The molecule has 1 heterocycles. The van der Waals surface area contributed by atoms with E-state index < -0.39 is 0 Å². The van der Waals surface area contributed by atoms with Crippen molar-refractivity contribution in [3.05, 3.63) is 34.9 Å². The van der Waals surface area contributed by atoms with Gasteiger partial charge in [-0.15, -0.1) is 0 Å². The lowest BCUT2D eigenvalue weighted by molar-refractivity contribution is 0.0886. The van der Waals surface area contributed by atoms with Crippen molar-refractivity contribution in [1.82, 2.24) is 9.80 Å². The topological polar surface area (TPSA) is 23.6 Å². The summed E-state index contributed by atoms with van der Waals surface area (Å²) >= 11 is 6.07.